The molecule has 0 unspecified atom stereocenters. The van der Waals surface area contributed by atoms with Crippen molar-refractivity contribution in [3.05, 3.63) is 42.1 Å². The minimum atomic E-state index is 0.677. The largest absolute Gasteiger partial charge is 0.486 e. The van der Waals surface area contributed by atoms with Crippen molar-refractivity contribution in [2.75, 3.05) is 18.5 Å². The van der Waals surface area contributed by atoms with Gasteiger partial charge in [0.25, 0.3) is 0 Å². The molecule has 0 aliphatic carbocycles. The fourth-order valence-corrected chi connectivity index (χ4v) is 1.96. The van der Waals surface area contributed by atoms with Gasteiger partial charge in [-0.15, -0.1) is 0 Å². The molecule has 2 heterocycles. The van der Waals surface area contributed by atoms with Crippen molar-refractivity contribution < 1.29 is 9.47 Å². The Balaban J connectivity index is 1.90. The summed E-state index contributed by atoms with van der Waals surface area (Å²) < 4.78 is 11.6. The van der Waals surface area contributed by atoms with E-state index < -0.39 is 0 Å². The number of ether oxygens (including phenoxy) is 2. The Bertz CT molecular complexity index is 567. The van der Waals surface area contributed by atoms with E-state index >= 15 is 0 Å². The molecular formula is C15H16N2O2. The second-order valence-corrected chi connectivity index (χ2v) is 4.53. The Morgan fingerprint density at radius 3 is 2.89 bits per heavy atom. The zero-order chi connectivity index (χ0) is 13.1. The van der Waals surface area contributed by atoms with Crippen LogP contribution in [-0.4, -0.2) is 18.1 Å². The minimum Gasteiger partial charge on any atom is -0.486 e. The number of aryl methyl sites for hydroxylation is 1. The molecule has 1 aromatic carbocycles. The van der Waals surface area contributed by atoms with E-state index in [0.717, 1.165) is 24.5 Å². The highest BCUT2D eigenvalue weighted by molar-refractivity contribution is 5.59. The number of rotatable bonds is 2. The highest BCUT2D eigenvalue weighted by Crippen LogP contribution is 2.37. The lowest BCUT2D eigenvalue weighted by Gasteiger charge is -2.13. The second-order valence-electron chi connectivity index (χ2n) is 4.53. The van der Waals surface area contributed by atoms with E-state index in [-0.39, 0.29) is 0 Å². The molecule has 0 radical (unpaired) electrons. The van der Waals surface area contributed by atoms with Crippen LogP contribution in [0.5, 0.6) is 17.2 Å². The van der Waals surface area contributed by atoms with Crippen molar-refractivity contribution >= 4 is 5.82 Å². The molecule has 0 saturated carbocycles. The molecule has 0 atom stereocenters. The van der Waals surface area contributed by atoms with Crippen LogP contribution in [0.25, 0.3) is 0 Å². The molecule has 0 spiro atoms. The van der Waals surface area contributed by atoms with Crippen LogP contribution in [-0.2, 0) is 0 Å². The van der Waals surface area contributed by atoms with Crippen LogP contribution >= 0.6 is 0 Å². The van der Waals surface area contributed by atoms with Crippen LogP contribution in [0.3, 0.4) is 0 Å². The molecule has 1 N–H and O–H groups in total. The van der Waals surface area contributed by atoms with E-state index in [9.17, 15) is 0 Å². The van der Waals surface area contributed by atoms with Gasteiger partial charge in [-0.3, -0.25) is 0 Å². The summed E-state index contributed by atoms with van der Waals surface area (Å²) in [5.74, 6) is 2.94. The lowest BCUT2D eigenvalue weighted by molar-refractivity contribution is 0.307. The molecule has 4 heteroatoms. The Kier molecular flexibility index (Phi) is 3.23. The van der Waals surface area contributed by atoms with Crippen LogP contribution in [0.2, 0.25) is 0 Å². The van der Waals surface area contributed by atoms with Crippen LogP contribution in [0.4, 0.5) is 5.82 Å². The second kappa shape index (κ2) is 5.18. The van der Waals surface area contributed by atoms with E-state index in [1.165, 1.54) is 5.56 Å². The van der Waals surface area contributed by atoms with Gasteiger partial charge in [0.15, 0.2) is 11.6 Å². The lowest BCUT2D eigenvalue weighted by atomic mass is 10.2. The van der Waals surface area contributed by atoms with Crippen molar-refractivity contribution in [2.45, 2.75) is 13.3 Å². The number of nitrogens with one attached hydrogen (secondary N) is 1. The van der Waals surface area contributed by atoms with E-state index in [1.54, 1.807) is 6.20 Å². The van der Waals surface area contributed by atoms with Gasteiger partial charge in [-0.1, -0.05) is 17.7 Å². The summed E-state index contributed by atoms with van der Waals surface area (Å²) in [6.07, 6.45) is 2.68. The molecule has 0 amide bonds. The summed E-state index contributed by atoms with van der Waals surface area (Å²) in [6, 6.07) is 9.77. The first-order valence-electron chi connectivity index (χ1n) is 6.43. The third kappa shape index (κ3) is 2.62. The van der Waals surface area contributed by atoms with Crippen LogP contribution in [0.15, 0.2) is 36.5 Å². The monoisotopic (exact) mass is 256 g/mol. The van der Waals surface area contributed by atoms with Gasteiger partial charge in [0.1, 0.15) is 5.75 Å². The third-order valence-corrected chi connectivity index (χ3v) is 2.98. The van der Waals surface area contributed by atoms with E-state index in [4.69, 9.17) is 9.47 Å². The number of hydrogen-bond acceptors (Lipinski definition) is 4. The van der Waals surface area contributed by atoms with Gasteiger partial charge < -0.3 is 14.8 Å². The van der Waals surface area contributed by atoms with Crippen LogP contribution < -0.4 is 14.8 Å². The van der Waals surface area contributed by atoms with Crippen LogP contribution in [0.1, 0.15) is 12.0 Å². The highest BCUT2D eigenvalue weighted by Gasteiger charge is 2.15. The molecule has 0 saturated heterocycles. The lowest BCUT2D eigenvalue weighted by Crippen LogP contribution is -2.01. The topological polar surface area (TPSA) is 43.4 Å². The number of fused-ring (bicyclic) bond motifs is 1. The van der Waals surface area contributed by atoms with Gasteiger partial charge >= 0.3 is 0 Å². The fourth-order valence-electron chi connectivity index (χ4n) is 1.96. The van der Waals surface area contributed by atoms with Crippen molar-refractivity contribution in [1.82, 2.24) is 4.98 Å². The van der Waals surface area contributed by atoms with Gasteiger partial charge in [-0.2, -0.15) is 0 Å². The molecule has 98 valence electrons. The first-order chi connectivity index (χ1) is 9.33. The fraction of sp³-hybridized carbons (Fsp3) is 0.267. The molecule has 0 fully saturated rings. The van der Waals surface area contributed by atoms with Crippen molar-refractivity contribution in [3.63, 3.8) is 0 Å². The van der Waals surface area contributed by atoms with Crippen molar-refractivity contribution in [3.8, 4) is 17.2 Å². The molecule has 3 rings (SSSR count). The molecule has 4 nitrogen and oxygen atoms in total. The summed E-state index contributed by atoms with van der Waals surface area (Å²) in [6.45, 7) is 3.60. The molecular weight excluding hydrogens is 240 g/mol. The summed E-state index contributed by atoms with van der Waals surface area (Å²) >= 11 is 0. The molecule has 2 aromatic rings. The molecule has 1 aliphatic rings. The number of pyridine rings is 1. The first-order valence-corrected chi connectivity index (χ1v) is 6.43. The first kappa shape index (κ1) is 11.8. The molecule has 1 aromatic heterocycles. The quantitative estimate of drug-likeness (QED) is 0.894. The van der Waals surface area contributed by atoms with Gasteiger partial charge in [0.05, 0.1) is 6.61 Å². The van der Waals surface area contributed by atoms with Crippen molar-refractivity contribution in [2.24, 2.45) is 0 Å². The minimum absolute atomic E-state index is 0.677. The molecule has 0 bridgehead atoms. The van der Waals surface area contributed by atoms with Gasteiger partial charge in [0.2, 0.25) is 5.75 Å². The SMILES string of the molecule is Cc1ccc(Oc2ccnc3c2OCCCN3)cc1. The standard InChI is InChI=1S/C15H16N2O2/c1-11-3-5-12(6-4-11)19-13-7-9-17-15-14(13)18-10-2-8-16-15/h3-7,9H,2,8,10H2,1H3,(H,16,17). The zero-order valence-corrected chi connectivity index (χ0v) is 10.8. The number of aromatic nitrogens is 1. The normalized spacial score (nSPS) is 13.7. The van der Waals surface area contributed by atoms with Crippen LogP contribution in [0, 0.1) is 6.92 Å². The molecule has 1 aliphatic heterocycles. The maximum absolute atomic E-state index is 5.88. The predicted molar refractivity (Wildman–Crippen MR) is 74.1 cm³/mol. The molecule has 19 heavy (non-hydrogen) atoms. The Morgan fingerprint density at radius 1 is 1.21 bits per heavy atom. The number of anilines is 1. The zero-order valence-electron chi connectivity index (χ0n) is 10.8. The maximum Gasteiger partial charge on any atom is 0.204 e. The predicted octanol–water partition coefficient (Wildman–Crippen LogP) is 3.38. The average molecular weight is 256 g/mol. The van der Waals surface area contributed by atoms with Gasteiger partial charge in [0, 0.05) is 18.8 Å². The number of nitrogens with zero attached hydrogens (tertiary/aromatic N) is 1. The summed E-state index contributed by atoms with van der Waals surface area (Å²) in [5, 5.41) is 3.24. The van der Waals surface area contributed by atoms with Crippen molar-refractivity contribution in [1.29, 1.82) is 0 Å². The van der Waals surface area contributed by atoms with E-state index in [1.807, 2.05) is 30.3 Å². The van der Waals surface area contributed by atoms with E-state index in [2.05, 4.69) is 17.2 Å². The summed E-state index contributed by atoms with van der Waals surface area (Å²) in [7, 11) is 0. The smallest absolute Gasteiger partial charge is 0.204 e. The average Bonchev–Trinajstić information content (AvgIpc) is 2.67. The maximum atomic E-state index is 5.88. The Hall–Kier alpha value is -2.23. The van der Waals surface area contributed by atoms with Gasteiger partial charge in [-0.05, 0) is 25.5 Å². The summed E-state index contributed by atoms with van der Waals surface area (Å²) in [5.41, 5.74) is 1.21. The Morgan fingerprint density at radius 2 is 2.05 bits per heavy atom. The number of benzene rings is 1. The number of hydrogen-bond donors (Lipinski definition) is 1. The highest BCUT2D eigenvalue weighted by atomic mass is 16.5. The Labute approximate surface area is 112 Å². The summed E-state index contributed by atoms with van der Waals surface area (Å²) in [4.78, 5) is 4.28. The third-order valence-electron chi connectivity index (χ3n) is 2.98. The van der Waals surface area contributed by atoms with E-state index in [0.29, 0.717) is 18.1 Å². The van der Waals surface area contributed by atoms with Gasteiger partial charge in [-0.25, -0.2) is 4.98 Å².